The van der Waals surface area contributed by atoms with Crippen LogP contribution >= 0.6 is 11.3 Å². The normalized spacial score (nSPS) is 10.2. The number of carbonyl (C=O) groups excluding carboxylic acids is 1. The van der Waals surface area contributed by atoms with Gasteiger partial charge in [-0.05, 0) is 35.7 Å². The Morgan fingerprint density at radius 1 is 1.28 bits per heavy atom. The minimum Gasteiger partial charge on any atom is -0.479 e. The lowest BCUT2D eigenvalue weighted by Crippen LogP contribution is -2.12. The van der Waals surface area contributed by atoms with E-state index in [9.17, 15) is 4.79 Å². The van der Waals surface area contributed by atoms with E-state index < -0.39 is 0 Å². The van der Waals surface area contributed by atoms with Crippen molar-refractivity contribution >= 4 is 22.9 Å². The minimum absolute atomic E-state index is 0.0107. The van der Waals surface area contributed by atoms with Gasteiger partial charge >= 0.3 is 0 Å². The number of carbonyl (C=O) groups is 1. The van der Waals surface area contributed by atoms with Crippen LogP contribution in [0, 0.1) is 11.3 Å². The van der Waals surface area contributed by atoms with Crippen molar-refractivity contribution < 1.29 is 13.9 Å². The quantitative estimate of drug-likeness (QED) is 0.699. The zero-order valence-corrected chi connectivity index (χ0v) is 14.0. The molecule has 0 radical (unpaired) electrons. The van der Waals surface area contributed by atoms with Gasteiger partial charge in [0.05, 0.1) is 0 Å². The maximum atomic E-state index is 12.0. The van der Waals surface area contributed by atoms with Gasteiger partial charge in [0.15, 0.2) is 6.61 Å². The molecule has 126 valence electrons. The van der Waals surface area contributed by atoms with Crippen molar-refractivity contribution in [1.29, 1.82) is 5.26 Å². The van der Waals surface area contributed by atoms with Gasteiger partial charge in [-0.25, -0.2) is 0 Å². The average molecular weight is 354 g/mol. The van der Waals surface area contributed by atoms with Gasteiger partial charge in [-0.2, -0.15) is 16.6 Å². The fourth-order valence-corrected chi connectivity index (χ4v) is 2.68. The van der Waals surface area contributed by atoms with E-state index in [1.54, 1.807) is 35.6 Å². The number of nitrogens with zero attached hydrogens (tertiary/aromatic N) is 3. The van der Waals surface area contributed by atoms with E-state index in [0.717, 1.165) is 5.56 Å². The van der Waals surface area contributed by atoms with Crippen LogP contribution in [0.2, 0.25) is 0 Å². The van der Waals surface area contributed by atoms with Crippen molar-refractivity contribution in [2.45, 2.75) is 12.8 Å². The first-order valence-electron chi connectivity index (χ1n) is 7.49. The summed E-state index contributed by atoms with van der Waals surface area (Å²) in [6.07, 6.45) is 0.601. The summed E-state index contributed by atoms with van der Waals surface area (Å²) in [7, 11) is 0. The molecule has 1 aromatic carbocycles. The van der Waals surface area contributed by atoms with Crippen LogP contribution in [0.15, 0.2) is 45.5 Å². The SMILES string of the molecule is N#CCOc1ccc(NC(=O)CCc2nnc(-c3ccsc3)o2)cc1. The molecule has 7 nitrogen and oxygen atoms in total. The molecular weight excluding hydrogens is 340 g/mol. The summed E-state index contributed by atoms with van der Waals surface area (Å²) in [5, 5.41) is 23.0. The predicted octanol–water partition coefficient (Wildman–Crippen LogP) is 3.27. The lowest BCUT2D eigenvalue weighted by molar-refractivity contribution is -0.116. The molecule has 2 heterocycles. The standard InChI is InChI=1S/C17H14N4O3S/c18-8-9-23-14-3-1-13(2-4-14)19-15(22)5-6-16-20-21-17(24-16)12-7-10-25-11-12/h1-4,7,10-11H,5-6,9H2,(H,19,22). The van der Waals surface area contributed by atoms with Gasteiger partial charge in [0.1, 0.15) is 11.8 Å². The zero-order chi connectivity index (χ0) is 17.5. The maximum Gasteiger partial charge on any atom is 0.248 e. The Bertz CT molecular complexity index is 866. The molecule has 0 aliphatic rings. The second-order valence-corrected chi connectivity index (χ2v) is 5.81. The van der Waals surface area contributed by atoms with Crippen LogP contribution in [0.1, 0.15) is 12.3 Å². The third-order valence-electron chi connectivity index (χ3n) is 3.24. The van der Waals surface area contributed by atoms with Crippen LogP contribution in [-0.4, -0.2) is 22.7 Å². The van der Waals surface area contributed by atoms with E-state index >= 15 is 0 Å². The fraction of sp³-hybridized carbons (Fsp3) is 0.176. The van der Waals surface area contributed by atoms with Crippen LogP contribution < -0.4 is 10.1 Å². The molecule has 0 spiro atoms. The van der Waals surface area contributed by atoms with Crippen LogP contribution in [0.3, 0.4) is 0 Å². The molecule has 0 atom stereocenters. The number of benzene rings is 1. The average Bonchev–Trinajstić information content (AvgIpc) is 3.30. The van der Waals surface area contributed by atoms with Gasteiger partial charge in [0.25, 0.3) is 0 Å². The van der Waals surface area contributed by atoms with E-state index in [-0.39, 0.29) is 18.9 Å². The first-order valence-corrected chi connectivity index (χ1v) is 8.43. The maximum absolute atomic E-state index is 12.0. The van der Waals surface area contributed by atoms with Crippen LogP contribution in [0.25, 0.3) is 11.5 Å². The number of ether oxygens (including phenoxy) is 1. The highest BCUT2D eigenvalue weighted by Gasteiger charge is 2.11. The predicted molar refractivity (Wildman–Crippen MR) is 92.1 cm³/mol. The molecule has 0 saturated heterocycles. The Kier molecular flexibility index (Phi) is 5.39. The number of aryl methyl sites for hydroxylation is 1. The number of anilines is 1. The summed E-state index contributed by atoms with van der Waals surface area (Å²) in [5.74, 6) is 1.31. The minimum atomic E-state index is -0.152. The molecule has 0 fully saturated rings. The molecule has 8 heteroatoms. The molecule has 0 aliphatic carbocycles. The smallest absolute Gasteiger partial charge is 0.248 e. The van der Waals surface area contributed by atoms with Crippen LogP contribution in [0.5, 0.6) is 5.75 Å². The van der Waals surface area contributed by atoms with Crippen molar-refractivity contribution in [3.8, 4) is 23.3 Å². The van der Waals surface area contributed by atoms with Crippen LogP contribution in [-0.2, 0) is 11.2 Å². The fourth-order valence-electron chi connectivity index (χ4n) is 2.05. The largest absolute Gasteiger partial charge is 0.479 e. The van der Waals surface area contributed by atoms with Gasteiger partial charge < -0.3 is 14.5 Å². The number of rotatable bonds is 7. The van der Waals surface area contributed by atoms with Gasteiger partial charge in [-0.15, -0.1) is 10.2 Å². The molecule has 1 N–H and O–H groups in total. The number of hydrogen-bond acceptors (Lipinski definition) is 7. The molecule has 0 unspecified atom stereocenters. The Morgan fingerprint density at radius 2 is 2.12 bits per heavy atom. The number of nitriles is 1. The highest BCUT2D eigenvalue weighted by Crippen LogP contribution is 2.21. The Morgan fingerprint density at radius 3 is 2.84 bits per heavy atom. The number of amides is 1. The van der Waals surface area contributed by atoms with Crippen LogP contribution in [0.4, 0.5) is 5.69 Å². The zero-order valence-electron chi connectivity index (χ0n) is 13.1. The molecule has 1 amide bonds. The summed E-state index contributed by atoms with van der Waals surface area (Å²) >= 11 is 1.55. The van der Waals surface area contributed by atoms with Gasteiger partial charge in [0, 0.05) is 29.5 Å². The third kappa shape index (κ3) is 4.65. The molecule has 3 rings (SSSR count). The number of hydrogen-bond donors (Lipinski definition) is 1. The lowest BCUT2D eigenvalue weighted by atomic mass is 10.2. The highest BCUT2D eigenvalue weighted by atomic mass is 32.1. The van der Waals surface area contributed by atoms with Crippen molar-refractivity contribution in [2.24, 2.45) is 0 Å². The summed E-state index contributed by atoms with van der Waals surface area (Å²) in [5.41, 5.74) is 1.53. The van der Waals surface area contributed by atoms with Gasteiger partial charge in [0.2, 0.25) is 17.7 Å². The second-order valence-electron chi connectivity index (χ2n) is 5.03. The summed E-state index contributed by atoms with van der Waals surface area (Å²) < 4.78 is 10.7. The molecule has 0 aliphatic heterocycles. The first kappa shape index (κ1) is 16.7. The van der Waals surface area contributed by atoms with E-state index in [0.29, 0.717) is 29.6 Å². The second kappa shape index (κ2) is 8.08. The summed E-state index contributed by atoms with van der Waals surface area (Å²) in [6, 6.07) is 10.6. The van der Waals surface area contributed by atoms with Crippen molar-refractivity contribution in [3.63, 3.8) is 0 Å². The highest BCUT2D eigenvalue weighted by molar-refractivity contribution is 7.08. The molecular formula is C17H14N4O3S. The first-order chi connectivity index (χ1) is 12.2. The van der Waals surface area contributed by atoms with Crippen molar-refractivity contribution in [1.82, 2.24) is 10.2 Å². The number of aromatic nitrogens is 2. The number of thiophene rings is 1. The molecule has 0 bridgehead atoms. The lowest BCUT2D eigenvalue weighted by Gasteiger charge is -2.06. The van der Waals surface area contributed by atoms with Gasteiger partial charge in [-0.3, -0.25) is 4.79 Å². The Labute approximate surface area is 147 Å². The topological polar surface area (TPSA) is 101 Å². The van der Waals surface area contributed by atoms with Crippen molar-refractivity contribution in [2.75, 3.05) is 11.9 Å². The van der Waals surface area contributed by atoms with E-state index in [4.69, 9.17) is 14.4 Å². The molecule has 25 heavy (non-hydrogen) atoms. The number of nitrogens with one attached hydrogen (secondary N) is 1. The summed E-state index contributed by atoms with van der Waals surface area (Å²) in [4.78, 5) is 12.0. The third-order valence-corrected chi connectivity index (χ3v) is 3.93. The van der Waals surface area contributed by atoms with E-state index in [1.807, 2.05) is 22.9 Å². The molecule has 0 saturated carbocycles. The monoisotopic (exact) mass is 354 g/mol. The van der Waals surface area contributed by atoms with Gasteiger partial charge in [-0.1, -0.05) is 0 Å². The van der Waals surface area contributed by atoms with E-state index in [2.05, 4.69) is 15.5 Å². The van der Waals surface area contributed by atoms with Crippen molar-refractivity contribution in [3.05, 3.63) is 47.0 Å². The summed E-state index contributed by atoms with van der Waals surface area (Å²) in [6.45, 7) is -0.0107. The molecule has 2 aromatic heterocycles. The Hall–Kier alpha value is -3.18. The van der Waals surface area contributed by atoms with E-state index in [1.165, 1.54) is 0 Å². The molecule has 3 aromatic rings. The Balaban J connectivity index is 1.49.